The van der Waals surface area contributed by atoms with E-state index in [0.717, 1.165) is 28.8 Å². The van der Waals surface area contributed by atoms with Gasteiger partial charge in [-0.25, -0.2) is 13.2 Å². The van der Waals surface area contributed by atoms with Gasteiger partial charge in [0.15, 0.2) is 11.6 Å². The number of ether oxygens (including phenoxy) is 1. The molecule has 4 rings (SSSR count). The van der Waals surface area contributed by atoms with Crippen LogP contribution < -0.4 is 4.74 Å². The summed E-state index contributed by atoms with van der Waals surface area (Å²) >= 11 is 0. The van der Waals surface area contributed by atoms with E-state index >= 15 is 0 Å². The molecular formula is C28H25F3O. The molecule has 0 aliphatic rings. The molecule has 0 heterocycles. The first-order chi connectivity index (χ1) is 15.5. The highest BCUT2D eigenvalue weighted by molar-refractivity contribution is 5.88. The average molecular weight is 435 g/mol. The molecule has 32 heavy (non-hydrogen) atoms. The van der Waals surface area contributed by atoms with Crippen LogP contribution in [-0.4, -0.2) is 7.11 Å². The lowest BCUT2D eigenvalue weighted by molar-refractivity contribution is 0.386. The van der Waals surface area contributed by atoms with Crippen LogP contribution in [0.3, 0.4) is 0 Å². The largest absolute Gasteiger partial charge is 0.494 e. The van der Waals surface area contributed by atoms with E-state index in [1.807, 2.05) is 18.2 Å². The van der Waals surface area contributed by atoms with Crippen molar-refractivity contribution in [3.8, 4) is 28.0 Å². The van der Waals surface area contributed by atoms with Gasteiger partial charge in [0.25, 0.3) is 0 Å². The second kappa shape index (κ2) is 9.47. The van der Waals surface area contributed by atoms with Crippen LogP contribution in [0.1, 0.15) is 31.7 Å². The maximum absolute atomic E-state index is 14.9. The smallest absolute Gasteiger partial charge is 0.165 e. The SMILES string of the molecule is CCCCCc1ccc2cc(-c3cc(F)c(-c4ccc(OC)c(F)c4)c(F)c3)ccc2c1. The van der Waals surface area contributed by atoms with E-state index < -0.39 is 17.5 Å². The van der Waals surface area contributed by atoms with E-state index in [1.54, 1.807) is 0 Å². The first kappa shape index (κ1) is 21.9. The highest BCUT2D eigenvalue weighted by Gasteiger charge is 2.16. The molecule has 0 radical (unpaired) electrons. The van der Waals surface area contributed by atoms with Gasteiger partial charge in [-0.3, -0.25) is 0 Å². The first-order valence-corrected chi connectivity index (χ1v) is 10.9. The van der Waals surface area contributed by atoms with Gasteiger partial charge in [-0.1, -0.05) is 56.2 Å². The summed E-state index contributed by atoms with van der Waals surface area (Å²) in [6, 6.07) is 18.6. The third kappa shape index (κ3) is 4.50. The molecule has 0 spiro atoms. The standard InChI is InChI=1S/C28H25F3O/c1-3-4-5-6-18-7-8-20-14-21(10-9-19(20)13-18)23-16-25(30)28(26(31)17-23)22-11-12-27(32-2)24(29)15-22/h7-17H,3-6H2,1-2H3. The van der Waals surface area contributed by atoms with Crippen LogP contribution >= 0.6 is 0 Å². The van der Waals surface area contributed by atoms with Gasteiger partial charge < -0.3 is 4.74 Å². The highest BCUT2D eigenvalue weighted by Crippen LogP contribution is 2.34. The summed E-state index contributed by atoms with van der Waals surface area (Å²) < 4.78 is 48.7. The fourth-order valence-electron chi connectivity index (χ4n) is 4.05. The Morgan fingerprint density at radius 2 is 1.31 bits per heavy atom. The van der Waals surface area contributed by atoms with E-state index in [2.05, 4.69) is 25.1 Å². The van der Waals surface area contributed by atoms with Crippen molar-refractivity contribution in [2.24, 2.45) is 0 Å². The van der Waals surface area contributed by atoms with E-state index in [0.29, 0.717) is 5.56 Å². The molecule has 0 saturated heterocycles. The van der Waals surface area contributed by atoms with Gasteiger partial charge in [-0.15, -0.1) is 0 Å². The Bertz CT molecular complexity index is 1240. The maximum atomic E-state index is 14.9. The molecule has 4 aromatic carbocycles. The molecule has 0 atom stereocenters. The molecule has 1 nitrogen and oxygen atoms in total. The van der Waals surface area contributed by atoms with E-state index in [4.69, 9.17) is 4.74 Å². The zero-order valence-electron chi connectivity index (χ0n) is 18.2. The Morgan fingerprint density at radius 3 is 2.00 bits per heavy atom. The molecule has 0 fully saturated rings. The molecular weight excluding hydrogens is 409 g/mol. The zero-order valence-corrected chi connectivity index (χ0v) is 18.2. The van der Waals surface area contributed by atoms with Crippen LogP contribution in [0, 0.1) is 17.5 Å². The molecule has 0 saturated carbocycles. The van der Waals surface area contributed by atoms with Gasteiger partial charge in [0, 0.05) is 0 Å². The van der Waals surface area contributed by atoms with E-state index in [9.17, 15) is 13.2 Å². The van der Waals surface area contributed by atoms with Crippen LogP contribution in [0.15, 0.2) is 66.7 Å². The Balaban J connectivity index is 1.66. The second-order valence-electron chi connectivity index (χ2n) is 8.02. The Kier molecular flexibility index (Phi) is 6.50. The normalized spacial score (nSPS) is 11.2. The number of unbranched alkanes of at least 4 members (excludes halogenated alkanes) is 2. The predicted molar refractivity (Wildman–Crippen MR) is 124 cm³/mol. The van der Waals surface area contributed by atoms with Crippen molar-refractivity contribution in [3.05, 3.63) is 89.7 Å². The van der Waals surface area contributed by atoms with Crippen molar-refractivity contribution in [2.45, 2.75) is 32.6 Å². The molecule has 0 aliphatic carbocycles. The third-order valence-electron chi connectivity index (χ3n) is 5.79. The lowest BCUT2D eigenvalue weighted by Crippen LogP contribution is -1.94. The van der Waals surface area contributed by atoms with Crippen LogP contribution in [0.4, 0.5) is 13.2 Å². The van der Waals surface area contributed by atoms with Crippen molar-refractivity contribution in [3.63, 3.8) is 0 Å². The second-order valence-corrected chi connectivity index (χ2v) is 8.02. The summed E-state index contributed by atoms with van der Waals surface area (Å²) in [5.74, 6) is -2.13. The van der Waals surface area contributed by atoms with Gasteiger partial charge in [-0.2, -0.15) is 0 Å². The molecule has 0 bridgehead atoms. The number of fused-ring (bicyclic) bond motifs is 1. The minimum Gasteiger partial charge on any atom is -0.494 e. The van der Waals surface area contributed by atoms with Crippen LogP contribution in [0.2, 0.25) is 0 Å². The lowest BCUT2D eigenvalue weighted by Gasteiger charge is -2.11. The monoisotopic (exact) mass is 434 g/mol. The molecule has 0 aliphatic heterocycles. The minimum atomic E-state index is -0.740. The number of hydrogen-bond donors (Lipinski definition) is 0. The number of benzene rings is 4. The van der Waals surface area contributed by atoms with Gasteiger partial charge >= 0.3 is 0 Å². The van der Waals surface area contributed by atoms with Crippen LogP contribution in [0.25, 0.3) is 33.0 Å². The third-order valence-corrected chi connectivity index (χ3v) is 5.79. The number of halogens is 3. The number of aryl methyl sites for hydroxylation is 1. The fourth-order valence-corrected chi connectivity index (χ4v) is 4.05. The number of rotatable bonds is 7. The maximum Gasteiger partial charge on any atom is 0.165 e. The Labute approximate surface area is 186 Å². The Morgan fingerprint density at radius 1 is 0.656 bits per heavy atom. The molecule has 164 valence electrons. The lowest BCUT2D eigenvalue weighted by atomic mass is 9.96. The van der Waals surface area contributed by atoms with Gasteiger partial charge in [0.1, 0.15) is 11.6 Å². The first-order valence-electron chi connectivity index (χ1n) is 10.9. The van der Waals surface area contributed by atoms with Crippen molar-refractivity contribution < 1.29 is 17.9 Å². The molecule has 4 aromatic rings. The van der Waals surface area contributed by atoms with E-state index in [-0.39, 0.29) is 16.9 Å². The van der Waals surface area contributed by atoms with Crippen molar-refractivity contribution in [1.82, 2.24) is 0 Å². The molecule has 0 N–H and O–H groups in total. The Hall–Kier alpha value is -3.27. The topological polar surface area (TPSA) is 9.23 Å². The molecule has 0 aromatic heterocycles. The van der Waals surface area contributed by atoms with Crippen LogP contribution in [-0.2, 0) is 6.42 Å². The van der Waals surface area contributed by atoms with Crippen molar-refractivity contribution >= 4 is 10.8 Å². The average Bonchev–Trinajstić information content (AvgIpc) is 2.78. The summed E-state index contributed by atoms with van der Waals surface area (Å²) in [5.41, 5.74) is 2.33. The summed E-state index contributed by atoms with van der Waals surface area (Å²) in [6.07, 6.45) is 4.63. The summed E-state index contributed by atoms with van der Waals surface area (Å²) in [7, 11) is 1.34. The summed E-state index contributed by atoms with van der Waals surface area (Å²) in [6.45, 7) is 2.19. The van der Waals surface area contributed by atoms with Crippen LogP contribution in [0.5, 0.6) is 5.75 Å². The zero-order chi connectivity index (χ0) is 22.7. The summed E-state index contributed by atoms with van der Waals surface area (Å²) in [5, 5.41) is 2.12. The fraction of sp³-hybridized carbons (Fsp3) is 0.214. The predicted octanol–water partition coefficient (Wildman–Crippen LogP) is 8.33. The highest BCUT2D eigenvalue weighted by atomic mass is 19.1. The van der Waals surface area contributed by atoms with Crippen molar-refractivity contribution in [1.29, 1.82) is 0 Å². The molecule has 4 heteroatoms. The van der Waals surface area contributed by atoms with Crippen molar-refractivity contribution in [2.75, 3.05) is 7.11 Å². The van der Waals surface area contributed by atoms with E-state index in [1.165, 1.54) is 56.2 Å². The quantitative estimate of drug-likeness (QED) is 0.266. The molecule has 0 amide bonds. The van der Waals surface area contributed by atoms with Gasteiger partial charge in [-0.05, 0) is 76.2 Å². The number of methoxy groups -OCH3 is 1. The molecule has 0 unspecified atom stereocenters. The van der Waals surface area contributed by atoms with Gasteiger partial charge in [0.05, 0.1) is 12.7 Å². The van der Waals surface area contributed by atoms with Gasteiger partial charge in [0.2, 0.25) is 0 Å². The number of hydrogen-bond acceptors (Lipinski definition) is 1. The minimum absolute atomic E-state index is 0.0240. The summed E-state index contributed by atoms with van der Waals surface area (Å²) in [4.78, 5) is 0.